The molecule has 138 valence electrons. The Labute approximate surface area is 201 Å². The largest absolute Gasteiger partial charge is 1.00 e. The van der Waals surface area contributed by atoms with E-state index in [9.17, 15) is 0 Å². The maximum atomic E-state index is 8.52. The SMILES string of the molecule is CCCCCCCCC1(Oc2ccccc2)CCO1.O=S(=O)([O-])[O-].[Na+].[Na+]. The predicted octanol–water partition coefficient (Wildman–Crippen LogP) is -2.40. The molecule has 9 heteroatoms. The quantitative estimate of drug-likeness (QED) is 0.197. The van der Waals surface area contributed by atoms with Crippen LogP contribution in [0.1, 0.15) is 58.3 Å². The molecule has 1 fully saturated rings. The molecule has 6 nitrogen and oxygen atoms in total. The van der Waals surface area contributed by atoms with Gasteiger partial charge in [-0.05, 0) is 18.6 Å². The van der Waals surface area contributed by atoms with Crippen molar-refractivity contribution in [1.82, 2.24) is 0 Å². The van der Waals surface area contributed by atoms with Gasteiger partial charge in [0, 0.05) is 23.2 Å². The molecule has 0 bridgehead atoms. The Balaban J connectivity index is 0. The van der Waals surface area contributed by atoms with Gasteiger partial charge >= 0.3 is 59.1 Å². The standard InChI is InChI=1S/C17H26O2.2Na.H2O4S/c1-2-3-4-5-6-10-13-17(14-15-18-17)19-16-11-8-7-9-12-16;;;1-5(2,3)4/h7-9,11-12H,2-6,10,13-15H2,1H3;;;(H2,1,2,3,4)/q;2*+1;/p-2. The van der Waals surface area contributed by atoms with Crippen molar-refractivity contribution in [2.45, 2.75) is 64.1 Å². The van der Waals surface area contributed by atoms with Crippen molar-refractivity contribution < 1.29 is 86.1 Å². The fourth-order valence-corrected chi connectivity index (χ4v) is 2.54. The Bertz CT molecular complexity index is 542. The van der Waals surface area contributed by atoms with E-state index in [1.807, 2.05) is 30.3 Å². The average molecular weight is 404 g/mol. The summed E-state index contributed by atoms with van der Waals surface area (Å²) < 4.78 is 45.9. The molecule has 0 aliphatic carbocycles. The van der Waals surface area contributed by atoms with Gasteiger partial charge in [-0.25, -0.2) is 0 Å². The van der Waals surface area contributed by atoms with Crippen LogP contribution in [0.3, 0.4) is 0 Å². The molecule has 0 radical (unpaired) electrons. The second-order valence-corrected chi connectivity index (χ2v) is 6.67. The van der Waals surface area contributed by atoms with Crippen LogP contribution in [0.15, 0.2) is 30.3 Å². The Morgan fingerprint density at radius 1 is 1.04 bits per heavy atom. The Morgan fingerprint density at radius 2 is 1.54 bits per heavy atom. The summed E-state index contributed by atoms with van der Waals surface area (Å²) >= 11 is 0. The first-order chi connectivity index (χ1) is 11.3. The molecule has 1 unspecified atom stereocenters. The molecule has 0 aromatic heterocycles. The fourth-order valence-electron chi connectivity index (χ4n) is 2.54. The van der Waals surface area contributed by atoms with Gasteiger partial charge in [0.05, 0.1) is 6.61 Å². The first kappa shape index (κ1) is 29.1. The molecule has 1 atom stereocenters. The van der Waals surface area contributed by atoms with Crippen LogP contribution >= 0.6 is 0 Å². The zero-order chi connectivity index (χ0) is 17.9. The Kier molecular flexibility index (Phi) is 17.6. The summed E-state index contributed by atoms with van der Waals surface area (Å²) in [7, 11) is -5.17. The number of ether oxygens (including phenoxy) is 2. The molecule has 1 aromatic carbocycles. The zero-order valence-electron chi connectivity index (χ0n) is 16.1. The van der Waals surface area contributed by atoms with Gasteiger partial charge < -0.3 is 18.6 Å². The van der Waals surface area contributed by atoms with E-state index in [0.29, 0.717) is 0 Å². The second-order valence-electron chi connectivity index (χ2n) is 5.85. The number of unbranched alkanes of at least 4 members (excludes halogenated alkanes) is 5. The molecule has 1 saturated heterocycles. The van der Waals surface area contributed by atoms with Crippen molar-refractivity contribution in [2.75, 3.05) is 6.61 Å². The van der Waals surface area contributed by atoms with Crippen LogP contribution in [-0.4, -0.2) is 29.9 Å². The fraction of sp³-hybridized carbons (Fsp3) is 0.647. The number of para-hydroxylation sites is 1. The van der Waals surface area contributed by atoms with Crippen LogP contribution in [0.4, 0.5) is 0 Å². The van der Waals surface area contributed by atoms with Crippen LogP contribution in [0.25, 0.3) is 0 Å². The van der Waals surface area contributed by atoms with Crippen molar-refractivity contribution in [2.24, 2.45) is 0 Å². The number of rotatable bonds is 9. The van der Waals surface area contributed by atoms with Crippen LogP contribution in [0.5, 0.6) is 5.75 Å². The summed E-state index contributed by atoms with van der Waals surface area (Å²) in [5.41, 5.74) is 0. The summed E-state index contributed by atoms with van der Waals surface area (Å²) in [5, 5.41) is 0. The second kappa shape index (κ2) is 15.7. The molecule has 1 aliphatic rings. The van der Waals surface area contributed by atoms with E-state index in [-0.39, 0.29) is 64.9 Å². The van der Waals surface area contributed by atoms with Gasteiger partial charge in [-0.15, -0.1) is 0 Å². The van der Waals surface area contributed by atoms with Gasteiger partial charge in [0.2, 0.25) is 5.79 Å². The number of benzene rings is 1. The minimum Gasteiger partial charge on any atom is -0.759 e. The average Bonchev–Trinajstić information content (AvgIpc) is 2.47. The maximum Gasteiger partial charge on any atom is 1.00 e. The third-order valence-electron chi connectivity index (χ3n) is 3.81. The zero-order valence-corrected chi connectivity index (χ0v) is 20.9. The van der Waals surface area contributed by atoms with E-state index in [1.165, 1.54) is 38.5 Å². The van der Waals surface area contributed by atoms with E-state index in [0.717, 1.165) is 25.2 Å². The van der Waals surface area contributed by atoms with Gasteiger partial charge in [0.25, 0.3) is 0 Å². The summed E-state index contributed by atoms with van der Waals surface area (Å²) in [5.74, 6) is 0.597. The van der Waals surface area contributed by atoms with Crippen LogP contribution < -0.4 is 63.9 Å². The predicted molar refractivity (Wildman–Crippen MR) is 88.8 cm³/mol. The summed E-state index contributed by atoms with van der Waals surface area (Å²) in [6, 6.07) is 10.0. The van der Waals surface area contributed by atoms with E-state index in [2.05, 4.69) is 6.92 Å². The summed E-state index contributed by atoms with van der Waals surface area (Å²) in [6.45, 7) is 3.09. The van der Waals surface area contributed by atoms with E-state index >= 15 is 0 Å². The first-order valence-corrected chi connectivity index (χ1v) is 9.73. The van der Waals surface area contributed by atoms with E-state index in [4.69, 9.17) is 27.0 Å². The molecule has 26 heavy (non-hydrogen) atoms. The van der Waals surface area contributed by atoms with Gasteiger partial charge in [0.15, 0.2) is 0 Å². The van der Waals surface area contributed by atoms with Crippen molar-refractivity contribution in [3.63, 3.8) is 0 Å². The van der Waals surface area contributed by atoms with Crippen LogP contribution in [-0.2, 0) is 15.1 Å². The van der Waals surface area contributed by atoms with Crippen molar-refractivity contribution in [3.8, 4) is 5.75 Å². The molecular formula is C17H26Na2O6S. The van der Waals surface area contributed by atoms with E-state index in [1.54, 1.807) is 0 Å². The van der Waals surface area contributed by atoms with Crippen LogP contribution in [0.2, 0.25) is 0 Å². The molecule has 2 rings (SSSR count). The summed E-state index contributed by atoms with van der Waals surface area (Å²) in [6.07, 6.45) is 9.93. The van der Waals surface area contributed by atoms with Crippen molar-refractivity contribution >= 4 is 10.4 Å². The van der Waals surface area contributed by atoms with Gasteiger partial charge in [-0.1, -0.05) is 57.2 Å². The summed E-state index contributed by atoms with van der Waals surface area (Å²) in [4.78, 5) is 0. The van der Waals surface area contributed by atoms with Gasteiger partial charge in [-0.2, -0.15) is 0 Å². The molecular weight excluding hydrogens is 378 g/mol. The third kappa shape index (κ3) is 14.9. The first-order valence-electron chi connectivity index (χ1n) is 8.39. The molecule has 0 N–H and O–H groups in total. The van der Waals surface area contributed by atoms with Gasteiger partial charge in [-0.3, -0.25) is 8.42 Å². The van der Waals surface area contributed by atoms with E-state index < -0.39 is 10.4 Å². The smallest absolute Gasteiger partial charge is 0.759 e. The molecule has 1 aliphatic heterocycles. The van der Waals surface area contributed by atoms with Gasteiger partial charge in [0.1, 0.15) is 5.75 Å². The minimum absolute atomic E-state index is 0. The van der Waals surface area contributed by atoms with Crippen LogP contribution in [0, 0.1) is 0 Å². The molecule has 0 spiro atoms. The molecule has 0 amide bonds. The number of hydrogen-bond donors (Lipinski definition) is 0. The Hall–Kier alpha value is 0.850. The Morgan fingerprint density at radius 3 is 2.00 bits per heavy atom. The minimum atomic E-state index is -5.17. The van der Waals surface area contributed by atoms with Crippen molar-refractivity contribution in [1.29, 1.82) is 0 Å². The molecule has 0 saturated carbocycles. The molecule has 1 heterocycles. The van der Waals surface area contributed by atoms with Crippen molar-refractivity contribution in [3.05, 3.63) is 30.3 Å². The topological polar surface area (TPSA) is 98.7 Å². The number of hydrogen-bond acceptors (Lipinski definition) is 6. The third-order valence-corrected chi connectivity index (χ3v) is 3.81. The molecule has 1 aromatic rings. The maximum absolute atomic E-state index is 8.52. The monoisotopic (exact) mass is 404 g/mol. The normalized spacial score (nSPS) is 18.3.